The number of rotatable bonds is 12. The molecule has 0 fully saturated rings. The molecule has 0 aromatic carbocycles. The van der Waals surface area contributed by atoms with E-state index in [1.165, 1.54) is 0 Å². The summed E-state index contributed by atoms with van der Waals surface area (Å²) in [5.74, 6) is 76.4. The number of hydrogen-bond acceptors (Lipinski definition) is 8. The number of hydrogen-bond donors (Lipinski definition) is 2. The van der Waals surface area contributed by atoms with Crippen molar-refractivity contribution < 1.29 is 77.6 Å². The molecule has 10 nitrogen and oxygen atoms in total. The predicted octanol–water partition coefficient (Wildman–Crippen LogP) is 8.45. The van der Waals surface area contributed by atoms with Crippen molar-refractivity contribution in [3.63, 3.8) is 0 Å². The van der Waals surface area contributed by atoms with Crippen LogP contribution < -0.4 is 10.6 Å². The van der Waals surface area contributed by atoms with E-state index in [9.17, 15) is 9.59 Å². The molecule has 0 unspecified atom stereocenters. The highest BCUT2D eigenvalue weighted by Gasteiger charge is 2.28. The average Bonchev–Trinajstić information content (AvgIpc) is 3.21. The number of amides is 2. The largest absolute Gasteiger partial charge is 0.352 e. The monoisotopic (exact) mass is 833 g/mol. The molecule has 0 radical (unpaired) electrons. The zero-order chi connectivity index (χ0) is 43.4. The Morgan fingerprint density at radius 1 is 0.441 bits per heavy atom. The van der Waals surface area contributed by atoms with E-state index in [4.69, 9.17) is 22.6 Å². The molecular formula is C49H92N4O6. The van der Waals surface area contributed by atoms with Gasteiger partial charge in [0.2, 0.25) is 11.8 Å². The third-order valence-corrected chi connectivity index (χ3v) is 4.91. The summed E-state index contributed by atoms with van der Waals surface area (Å²) >= 11 is 0. The molecule has 10 heteroatoms. The summed E-state index contributed by atoms with van der Waals surface area (Å²) in [7, 11) is 0. The first-order chi connectivity index (χ1) is 28.7. The summed E-state index contributed by atoms with van der Waals surface area (Å²) in [4.78, 5) is 52.2. The molecule has 2 N–H and O–H groups in total. The van der Waals surface area contributed by atoms with Crippen molar-refractivity contribution in [2.45, 2.75) is 38.8 Å². The van der Waals surface area contributed by atoms with Crippen molar-refractivity contribution in [2.75, 3.05) is 26.3 Å². The van der Waals surface area contributed by atoms with Gasteiger partial charge in [-0.3, -0.25) is 19.4 Å². The van der Waals surface area contributed by atoms with Crippen LogP contribution in [0, 0.1) is 215 Å². The van der Waals surface area contributed by atoms with Crippen molar-refractivity contribution >= 4 is 17.8 Å². The van der Waals surface area contributed by atoms with Gasteiger partial charge in [-0.25, -0.2) is 9.98 Å². The molecule has 0 aromatic rings. The second kappa shape index (κ2) is 35.0. The van der Waals surface area contributed by atoms with Gasteiger partial charge in [0.1, 0.15) is 24.3 Å². The maximum Gasteiger partial charge on any atom is 0.248 e. The minimum atomic E-state index is -1.26. The van der Waals surface area contributed by atoms with Crippen LogP contribution in [0.15, 0.2) is 9.98 Å². The topological polar surface area (TPSA) is 120 Å². The van der Waals surface area contributed by atoms with Crippen molar-refractivity contribution in [3.05, 3.63) is 0 Å². The van der Waals surface area contributed by atoms with Crippen molar-refractivity contribution in [2.24, 2.45) is 9.98 Å². The van der Waals surface area contributed by atoms with Crippen LogP contribution >= 0.6 is 0 Å². The molecule has 0 saturated heterocycles. The Morgan fingerprint density at radius 2 is 0.678 bits per heavy atom. The first kappa shape index (κ1) is 48.9. The molecule has 344 valence electrons. The second-order valence-electron chi connectivity index (χ2n) is 10.0. The van der Waals surface area contributed by atoms with Gasteiger partial charge in [0, 0.05) is 156 Å². The first-order valence-corrected chi connectivity index (χ1v) is 15.9. The van der Waals surface area contributed by atoms with Crippen LogP contribution in [0.25, 0.3) is 0 Å². The molecule has 0 bridgehead atoms. The Balaban J connectivity index is -0.0000000300. The fourth-order valence-electron chi connectivity index (χ4n) is 2.34. The molecule has 59 heavy (non-hydrogen) atoms. The highest BCUT2D eigenvalue weighted by molar-refractivity contribution is 5.88. The SMILES string of the molecule is C#CC#CC#CC#CC#CC#CC#CC#CC#COOCCNC(=O)C(C)(C)N=C=NC(C)(C)C(=O)NCCOOC#CC#CC#CC#CC#CC#CC#CC#CC#C.[HH].[HH].[HH].[HH].[HH].[HH].[HH].[HH].[HH].[HH].[HH].[HH].[HH].[HH].[HH].[HH].[HH].[HH].[HH].[HH].[HH].[HH].[HH].[HH].[HH].[HH].[HH].[HH].[HH].[HH].[HH].[HH].[HH].[HH]. The van der Waals surface area contributed by atoms with Gasteiger partial charge >= 0.3 is 0 Å². The van der Waals surface area contributed by atoms with Gasteiger partial charge in [0.25, 0.3) is 0 Å². The minimum absolute atomic E-state index is 0. The van der Waals surface area contributed by atoms with Crippen LogP contribution in [0.2, 0.25) is 0 Å². The lowest BCUT2D eigenvalue weighted by molar-refractivity contribution is -0.234. The summed E-state index contributed by atoms with van der Waals surface area (Å²) in [5, 5.41) is 5.25. The molecule has 0 aromatic heterocycles. The van der Waals surface area contributed by atoms with Gasteiger partial charge in [-0.15, -0.1) is 12.8 Å². The Bertz CT molecular complexity index is 2720. The van der Waals surface area contributed by atoms with E-state index >= 15 is 0 Å². The van der Waals surface area contributed by atoms with E-state index < -0.39 is 22.9 Å². The summed E-state index contributed by atoms with van der Waals surface area (Å²) in [6, 6.07) is 2.43. The summed E-state index contributed by atoms with van der Waals surface area (Å²) in [6.07, 6.45) is 14.3. The smallest absolute Gasteiger partial charge is 0.248 e. The van der Waals surface area contributed by atoms with Crippen molar-refractivity contribution in [3.8, 4) is 215 Å². The van der Waals surface area contributed by atoms with E-state index in [0.717, 1.165) is 0 Å². The fraction of sp³-hybridized carbons (Fsp3) is 0.204. The van der Waals surface area contributed by atoms with E-state index in [-0.39, 0.29) is 74.8 Å². The van der Waals surface area contributed by atoms with Crippen LogP contribution in [0.4, 0.5) is 0 Å². The normalized spacial score (nSPS) is 6.95. The summed E-state index contributed by atoms with van der Waals surface area (Å²) < 4.78 is 0. The lowest BCUT2D eigenvalue weighted by Crippen LogP contribution is -2.43. The molecule has 0 atom stereocenters. The van der Waals surface area contributed by atoms with Crippen LogP contribution in [0.1, 0.15) is 76.2 Å². The molecule has 0 saturated carbocycles. The van der Waals surface area contributed by atoms with E-state index in [1.54, 1.807) is 27.7 Å². The minimum Gasteiger partial charge on any atom is -0.352 e. The van der Waals surface area contributed by atoms with Gasteiger partial charge in [0.15, 0.2) is 12.2 Å². The van der Waals surface area contributed by atoms with E-state index in [2.05, 4.69) is 238 Å². The third-order valence-electron chi connectivity index (χ3n) is 4.91. The number of nitrogens with one attached hydrogen (secondary N) is 2. The summed E-state index contributed by atoms with van der Waals surface area (Å²) in [6.45, 7) is 6.27. The maximum atomic E-state index is 12.5. The van der Waals surface area contributed by atoms with Gasteiger partial charge in [-0.1, -0.05) is 0 Å². The second-order valence-corrected chi connectivity index (χ2v) is 10.0. The first-order valence-electron chi connectivity index (χ1n) is 15.9. The van der Waals surface area contributed by atoms with Crippen LogP contribution in [0.3, 0.4) is 0 Å². The van der Waals surface area contributed by atoms with Gasteiger partial charge < -0.3 is 10.6 Å². The van der Waals surface area contributed by atoms with Gasteiger partial charge in [-0.2, -0.15) is 9.78 Å². The van der Waals surface area contributed by atoms with E-state index in [1.807, 2.05) is 0 Å². The molecule has 0 aliphatic carbocycles. The Labute approximate surface area is 396 Å². The zero-order valence-corrected chi connectivity index (χ0v) is 31.8. The van der Waals surface area contributed by atoms with Crippen LogP contribution in [-0.2, 0) is 29.1 Å². The quantitative estimate of drug-likeness (QED) is 0.0670. The third kappa shape index (κ3) is 32.3. The fourth-order valence-corrected chi connectivity index (χ4v) is 2.34. The highest BCUT2D eigenvalue weighted by Crippen LogP contribution is 2.10. The zero-order valence-electron chi connectivity index (χ0n) is 31.8. The Kier molecular flexibility index (Phi) is 29.0. The van der Waals surface area contributed by atoms with Crippen molar-refractivity contribution in [1.29, 1.82) is 0 Å². The van der Waals surface area contributed by atoms with E-state index in [0.29, 0.717) is 0 Å². The lowest BCUT2D eigenvalue weighted by atomic mass is 10.1. The van der Waals surface area contributed by atoms with Crippen molar-refractivity contribution in [1.82, 2.24) is 10.6 Å². The Morgan fingerprint density at radius 3 is 0.932 bits per heavy atom. The Hall–Kier alpha value is -10.1. The standard InChI is InChI=1S/C49H24N4O6.34H2/c1-7-9-11-13-15-17-19-21-23-25-27-29-31-33-35-37-41-56-58-43-39-50-46(54)48(3,4)52-45-53-49(5,6)47(55)51-40-44-59-57-42-38-36-34-32-30-28-26-24-22-20-18-16-14-12-10-8-2;;;;;;;;;;;;;;;;;;;;;;;;;;;;;;;;;;/h1-2H,39-40,43-44H2,3-6H3,(H,50,54)(H,51,55);34*1H. The number of carbonyl (C=O) groups excluding carboxylic acids is 2. The molecule has 2 amide bonds. The predicted molar refractivity (Wildman–Crippen MR) is 292 cm³/mol. The van der Waals surface area contributed by atoms with Gasteiger partial charge in [-0.05, 0) is 122 Å². The number of carbonyl (C=O) groups is 2. The highest BCUT2D eigenvalue weighted by atomic mass is 17.2. The van der Waals surface area contributed by atoms with Gasteiger partial charge in [0.05, 0.1) is 6.01 Å². The number of terminal acetylenes is 2. The average molecular weight is 833 g/mol. The van der Waals surface area contributed by atoms with Crippen LogP contribution in [0.5, 0.6) is 0 Å². The molecular weight excluding hydrogens is 741 g/mol. The molecule has 0 rings (SSSR count). The molecule has 0 aliphatic heterocycles. The molecule has 0 aliphatic rings. The summed E-state index contributed by atoms with van der Waals surface area (Å²) in [5.41, 5.74) is -2.52. The maximum absolute atomic E-state index is 12.5. The molecule has 0 spiro atoms. The lowest BCUT2D eigenvalue weighted by Gasteiger charge is -2.18. The molecule has 0 heterocycles. The number of nitrogens with zero attached hydrogens (tertiary/aromatic N) is 2. The van der Waals surface area contributed by atoms with Crippen LogP contribution in [-0.4, -0.2) is 55.2 Å². The number of aliphatic imine (C=N–C) groups is 2.